The fraction of sp³-hybridized carbons (Fsp3) is 0. The quantitative estimate of drug-likeness (QED) is 0.151. The van der Waals surface area contributed by atoms with Gasteiger partial charge in [0, 0.05) is 16.7 Å². The van der Waals surface area contributed by atoms with Crippen LogP contribution in [0.15, 0.2) is 170 Å². The van der Waals surface area contributed by atoms with Gasteiger partial charge in [0.25, 0.3) is 0 Å². The molecule has 2 heteroatoms. The first-order valence-electron chi connectivity index (χ1n) is 16.1. The van der Waals surface area contributed by atoms with Crippen LogP contribution in [0.4, 0.5) is 0 Å². The van der Waals surface area contributed by atoms with Crippen molar-refractivity contribution < 1.29 is 0 Å². The SMILES string of the molecule is C(=C\c1ccc(-c2cc(-c3ccc(/C=C/c4ccccc4)cc3)nc(-c3ccc(/C=C/c4ccccc4)cc3)n2)cc1)/c1ccccc1. The average Bonchev–Trinajstić information content (AvgIpc) is 3.17. The average molecular weight is 615 g/mol. The first-order chi connectivity index (χ1) is 23.7. The second-order valence-electron chi connectivity index (χ2n) is 11.6. The molecule has 0 saturated carbocycles. The molecule has 0 fully saturated rings. The molecule has 0 atom stereocenters. The van der Waals surface area contributed by atoms with Gasteiger partial charge in [-0.3, -0.25) is 0 Å². The Balaban J connectivity index is 1.19. The van der Waals surface area contributed by atoms with Crippen molar-refractivity contribution in [3.8, 4) is 33.9 Å². The van der Waals surface area contributed by atoms with E-state index < -0.39 is 0 Å². The Morgan fingerprint density at radius 1 is 0.271 bits per heavy atom. The summed E-state index contributed by atoms with van der Waals surface area (Å²) in [6.45, 7) is 0. The van der Waals surface area contributed by atoms with Crippen molar-refractivity contribution in [3.05, 3.63) is 203 Å². The molecule has 0 aliphatic carbocycles. The Bertz CT molecular complexity index is 1890. The van der Waals surface area contributed by atoms with Crippen molar-refractivity contribution >= 4 is 36.5 Å². The summed E-state index contributed by atoms with van der Waals surface area (Å²) in [6, 6.07) is 58.6. The standard InChI is InChI=1S/C46H34N2/c1-4-10-35(11-5-1)16-19-38-22-28-41(29-23-38)44-34-45(42-30-24-39(25-31-42)20-17-36-12-6-2-7-13-36)48-46(47-44)43-32-26-40(27-33-43)21-18-37-14-8-3-9-15-37/h1-34H/b19-16+,20-17+,21-18+. The summed E-state index contributed by atoms with van der Waals surface area (Å²) in [5.41, 5.74) is 11.7. The van der Waals surface area contributed by atoms with Crippen LogP contribution in [0.5, 0.6) is 0 Å². The predicted octanol–water partition coefficient (Wildman–Crippen LogP) is 12.0. The van der Waals surface area contributed by atoms with Crippen molar-refractivity contribution in [1.29, 1.82) is 0 Å². The minimum Gasteiger partial charge on any atom is -0.228 e. The number of nitrogens with zero attached hydrogens (tertiary/aromatic N) is 2. The van der Waals surface area contributed by atoms with E-state index in [0.717, 1.165) is 44.8 Å². The minimum absolute atomic E-state index is 0.696. The maximum absolute atomic E-state index is 5.07. The van der Waals surface area contributed by atoms with E-state index in [9.17, 15) is 0 Å². The lowest BCUT2D eigenvalue weighted by molar-refractivity contribution is 1.18. The zero-order valence-corrected chi connectivity index (χ0v) is 26.5. The molecule has 0 saturated heterocycles. The summed E-state index contributed by atoms with van der Waals surface area (Å²) in [4.78, 5) is 10.1. The van der Waals surface area contributed by atoms with Crippen LogP contribution >= 0.6 is 0 Å². The van der Waals surface area contributed by atoms with Gasteiger partial charge in [-0.25, -0.2) is 9.97 Å². The second kappa shape index (κ2) is 14.8. The topological polar surface area (TPSA) is 25.8 Å². The lowest BCUT2D eigenvalue weighted by atomic mass is 10.0. The molecule has 0 aliphatic rings. The van der Waals surface area contributed by atoms with Crippen LogP contribution in [0.1, 0.15) is 33.4 Å². The molecule has 1 aromatic heterocycles. The molecule has 7 rings (SSSR count). The summed E-state index contributed by atoms with van der Waals surface area (Å²) in [7, 11) is 0. The van der Waals surface area contributed by atoms with Gasteiger partial charge in [-0.1, -0.05) is 200 Å². The third-order valence-electron chi connectivity index (χ3n) is 8.11. The summed E-state index contributed by atoms with van der Waals surface area (Å²) in [6.07, 6.45) is 12.8. The molecule has 0 amide bonds. The van der Waals surface area contributed by atoms with E-state index in [1.54, 1.807) is 0 Å². The molecule has 1 heterocycles. The number of aromatic nitrogens is 2. The van der Waals surface area contributed by atoms with Gasteiger partial charge in [0.2, 0.25) is 0 Å². The molecular weight excluding hydrogens is 581 g/mol. The first-order valence-corrected chi connectivity index (χ1v) is 16.1. The third-order valence-corrected chi connectivity index (χ3v) is 8.11. The summed E-state index contributed by atoms with van der Waals surface area (Å²) in [5.74, 6) is 0.696. The highest BCUT2D eigenvalue weighted by Crippen LogP contribution is 2.29. The zero-order valence-electron chi connectivity index (χ0n) is 26.5. The molecule has 0 spiro atoms. The lowest BCUT2D eigenvalue weighted by Crippen LogP contribution is -1.96. The van der Waals surface area contributed by atoms with Gasteiger partial charge in [-0.15, -0.1) is 0 Å². The number of benzene rings is 6. The van der Waals surface area contributed by atoms with Gasteiger partial charge in [0.05, 0.1) is 11.4 Å². The molecule has 48 heavy (non-hydrogen) atoms. The van der Waals surface area contributed by atoms with Crippen LogP contribution in [-0.4, -0.2) is 9.97 Å². The van der Waals surface area contributed by atoms with Crippen molar-refractivity contribution in [2.75, 3.05) is 0 Å². The van der Waals surface area contributed by atoms with Crippen molar-refractivity contribution in [2.45, 2.75) is 0 Å². The Labute approximate surface area is 282 Å². The normalized spacial score (nSPS) is 11.5. The number of hydrogen-bond donors (Lipinski definition) is 0. The molecule has 228 valence electrons. The van der Waals surface area contributed by atoms with Crippen LogP contribution in [0.25, 0.3) is 70.4 Å². The van der Waals surface area contributed by atoms with Crippen molar-refractivity contribution in [2.24, 2.45) is 0 Å². The summed E-state index contributed by atoms with van der Waals surface area (Å²) >= 11 is 0. The Hall–Kier alpha value is -6.38. The second-order valence-corrected chi connectivity index (χ2v) is 11.6. The maximum Gasteiger partial charge on any atom is 0.160 e. The Morgan fingerprint density at radius 3 is 0.854 bits per heavy atom. The summed E-state index contributed by atoms with van der Waals surface area (Å²) in [5, 5.41) is 0. The minimum atomic E-state index is 0.696. The van der Waals surface area contributed by atoms with E-state index >= 15 is 0 Å². The van der Waals surface area contributed by atoms with Gasteiger partial charge < -0.3 is 0 Å². The Kier molecular flexibility index (Phi) is 9.34. The van der Waals surface area contributed by atoms with E-state index in [0.29, 0.717) is 5.82 Å². The van der Waals surface area contributed by atoms with E-state index in [1.807, 2.05) is 18.2 Å². The predicted molar refractivity (Wildman–Crippen MR) is 204 cm³/mol. The molecular formula is C46H34N2. The fourth-order valence-corrected chi connectivity index (χ4v) is 5.42. The van der Waals surface area contributed by atoms with Gasteiger partial charge in [-0.05, 0) is 39.4 Å². The molecule has 0 unspecified atom stereocenters. The smallest absolute Gasteiger partial charge is 0.160 e. The molecule has 0 N–H and O–H groups in total. The van der Waals surface area contributed by atoms with Gasteiger partial charge >= 0.3 is 0 Å². The molecule has 0 aliphatic heterocycles. The van der Waals surface area contributed by atoms with Crippen LogP contribution in [-0.2, 0) is 0 Å². The summed E-state index contributed by atoms with van der Waals surface area (Å²) < 4.78 is 0. The number of hydrogen-bond acceptors (Lipinski definition) is 2. The van der Waals surface area contributed by atoms with Gasteiger partial charge in [0.15, 0.2) is 5.82 Å². The highest BCUT2D eigenvalue weighted by Gasteiger charge is 2.11. The molecule has 7 aromatic rings. The molecule has 6 aromatic carbocycles. The monoisotopic (exact) mass is 614 g/mol. The highest BCUT2D eigenvalue weighted by atomic mass is 14.9. The lowest BCUT2D eigenvalue weighted by Gasteiger charge is -2.10. The fourth-order valence-electron chi connectivity index (χ4n) is 5.42. The van der Waals surface area contributed by atoms with E-state index in [2.05, 4.69) is 188 Å². The van der Waals surface area contributed by atoms with Crippen LogP contribution in [0.3, 0.4) is 0 Å². The van der Waals surface area contributed by atoms with Crippen LogP contribution in [0.2, 0.25) is 0 Å². The zero-order chi connectivity index (χ0) is 32.4. The largest absolute Gasteiger partial charge is 0.228 e. The van der Waals surface area contributed by atoms with Crippen LogP contribution in [0, 0.1) is 0 Å². The highest BCUT2D eigenvalue weighted by molar-refractivity contribution is 5.77. The van der Waals surface area contributed by atoms with Crippen LogP contribution < -0.4 is 0 Å². The number of rotatable bonds is 9. The van der Waals surface area contributed by atoms with E-state index in [4.69, 9.17) is 9.97 Å². The van der Waals surface area contributed by atoms with Gasteiger partial charge in [-0.2, -0.15) is 0 Å². The van der Waals surface area contributed by atoms with Crippen molar-refractivity contribution in [3.63, 3.8) is 0 Å². The first kappa shape index (κ1) is 30.3. The van der Waals surface area contributed by atoms with Crippen molar-refractivity contribution in [1.82, 2.24) is 9.97 Å². The van der Waals surface area contributed by atoms with E-state index in [1.165, 1.54) is 16.7 Å². The molecule has 0 radical (unpaired) electrons. The van der Waals surface area contributed by atoms with E-state index in [-0.39, 0.29) is 0 Å². The molecule has 0 bridgehead atoms. The third kappa shape index (κ3) is 7.88. The molecule has 2 nitrogen and oxygen atoms in total. The van der Waals surface area contributed by atoms with Gasteiger partial charge in [0.1, 0.15) is 0 Å². The maximum atomic E-state index is 5.07. The Morgan fingerprint density at radius 2 is 0.542 bits per heavy atom.